The van der Waals surface area contributed by atoms with E-state index in [0.29, 0.717) is 0 Å². The first kappa shape index (κ1) is 13.9. The summed E-state index contributed by atoms with van der Waals surface area (Å²) in [4.78, 5) is 34.0. The van der Waals surface area contributed by atoms with Crippen LogP contribution in [0.15, 0.2) is 10.6 Å². The molecule has 5 nitrogen and oxygen atoms in total. The number of ether oxygens (including phenoxy) is 2. The van der Waals surface area contributed by atoms with Gasteiger partial charge < -0.3 is 9.47 Å². The smallest absolute Gasteiger partial charge is 0.345 e. The first-order valence-corrected chi connectivity index (χ1v) is 5.99. The van der Waals surface area contributed by atoms with Crippen LogP contribution in [0, 0.1) is 5.92 Å². The van der Waals surface area contributed by atoms with Gasteiger partial charge in [-0.2, -0.15) is 0 Å². The number of hydrogen-bond acceptors (Lipinski definition) is 5. The summed E-state index contributed by atoms with van der Waals surface area (Å²) in [5.41, 5.74) is 0. The molecule has 0 aromatic heterocycles. The number of Topliss-reactive ketones (excluding diaryl/α,β-unsaturated/α-hetero) is 1. The van der Waals surface area contributed by atoms with Gasteiger partial charge in [-0.15, -0.1) is 0 Å². The molecule has 0 aliphatic carbocycles. The number of carbonyl (C=O) groups is 3. The third-order valence-electron chi connectivity index (χ3n) is 2.24. The summed E-state index contributed by atoms with van der Waals surface area (Å²) in [6.07, 6.45) is 0.736. The SMILES string of the molecule is CCOC(=O)[C@H](CC(C)=O)[C@@H]1C=C(Br)C(=O)O1. The predicted octanol–water partition coefficient (Wildman–Crippen LogP) is 1.35. The second-order valence-corrected chi connectivity index (χ2v) is 4.50. The largest absolute Gasteiger partial charge is 0.466 e. The molecule has 0 N–H and O–H groups in total. The third-order valence-corrected chi connectivity index (χ3v) is 2.83. The molecule has 0 saturated heterocycles. The van der Waals surface area contributed by atoms with Crippen LogP contribution in [-0.2, 0) is 23.9 Å². The Kier molecular flexibility index (Phi) is 4.86. The van der Waals surface area contributed by atoms with E-state index in [1.54, 1.807) is 6.92 Å². The average molecular weight is 305 g/mol. The molecule has 0 aromatic rings. The summed E-state index contributed by atoms with van der Waals surface area (Å²) < 4.78 is 10.1. The van der Waals surface area contributed by atoms with Gasteiger partial charge in [0.2, 0.25) is 0 Å². The van der Waals surface area contributed by atoms with Crippen molar-refractivity contribution in [1.82, 2.24) is 0 Å². The first-order chi connectivity index (χ1) is 7.95. The number of halogens is 1. The van der Waals surface area contributed by atoms with E-state index in [-0.39, 0.29) is 23.3 Å². The minimum absolute atomic E-state index is 0.00639. The number of rotatable bonds is 5. The summed E-state index contributed by atoms with van der Waals surface area (Å²) in [6.45, 7) is 3.27. The van der Waals surface area contributed by atoms with E-state index >= 15 is 0 Å². The van der Waals surface area contributed by atoms with Crippen molar-refractivity contribution >= 4 is 33.7 Å². The van der Waals surface area contributed by atoms with Gasteiger partial charge in [0.05, 0.1) is 6.61 Å². The molecule has 0 bridgehead atoms. The molecular weight excluding hydrogens is 292 g/mol. The molecule has 1 heterocycles. The Morgan fingerprint density at radius 2 is 2.24 bits per heavy atom. The number of ketones is 1. The van der Waals surface area contributed by atoms with Gasteiger partial charge in [0.1, 0.15) is 22.3 Å². The summed E-state index contributed by atoms with van der Waals surface area (Å²) in [5, 5.41) is 0. The number of cyclic esters (lactones) is 1. The Morgan fingerprint density at radius 3 is 2.65 bits per heavy atom. The van der Waals surface area contributed by atoms with Crippen LogP contribution in [0.4, 0.5) is 0 Å². The van der Waals surface area contributed by atoms with Crippen molar-refractivity contribution in [3.8, 4) is 0 Å². The highest BCUT2D eigenvalue weighted by Crippen LogP contribution is 2.26. The second kappa shape index (κ2) is 5.95. The van der Waals surface area contributed by atoms with Gasteiger partial charge in [0.25, 0.3) is 0 Å². The highest BCUT2D eigenvalue weighted by molar-refractivity contribution is 9.12. The number of esters is 2. The maximum atomic E-state index is 11.7. The molecule has 0 saturated carbocycles. The highest BCUT2D eigenvalue weighted by atomic mass is 79.9. The van der Waals surface area contributed by atoms with Crippen molar-refractivity contribution in [3.63, 3.8) is 0 Å². The summed E-state index contributed by atoms with van der Waals surface area (Å²) in [5.74, 6) is -1.99. The molecule has 1 aliphatic rings. The highest BCUT2D eigenvalue weighted by Gasteiger charge is 2.36. The molecule has 1 rings (SSSR count). The fourth-order valence-electron chi connectivity index (χ4n) is 1.52. The zero-order chi connectivity index (χ0) is 13.0. The lowest BCUT2D eigenvalue weighted by atomic mass is 9.97. The number of carbonyl (C=O) groups excluding carboxylic acids is 3. The minimum atomic E-state index is -0.772. The van der Waals surface area contributed by atoms with Gasteiger partial charge in [-0.1, -0.05) is 0 Å². The van der Waals surface area contributed by atoms with E-state index in [1.165, 1.54) is 13.0 Å². The molecule has 0 aromatic carbocycles. The van der Waals surface area contributed by atoms with E-state index in [0.717, 1.165) is 0 Å². The third kappa shape index (κ3) is 3.66. The molecule has 94 valence electrons. The van der Waals surface area contributed by atoms with E-state index in [4.69, 9.17) is 9.47 Å². The van der Waals surface area contributed by atoms with E-state index in [9.17, 15) is 14.4 Å². The van der Waals surface area contributed by atoms with Crippen LogP contribution in [0.3, 0.4) is 0 Å². The van der Waals surface area contributed by atoms with Crippen molar-refractivity contribution < 1.29 is 23.9 Å². The zero-order valence-corrected chi connectivity index (χ0v) is 11.2. The Balaban J connectivity index is 2.80. The van der Waals surface area contributed by atoms with Crippen molar-refractivity contribution in [1.29, 1.82) is 0 Å². The zero-order valence-electron chi connectivity index (χ0n) is 9.57. The van der Waals surface area contributed by atoms with Crippen LogP contribution in [0.25, 0.3) is 0 Å². The van der Waals surface area contributed by atoms with Gasteiger partial charge in [0, 0.05) is 6.42 Å². The van der Waals surface area contributed by atoms with E-state index in [1.807, 2.05) is 0 Å². The quantitative estimate of drug-likeness (QED) is 0.717. The van der Waals surface area contributed by atoms with E-state index < -0.39 is 24.0 Å². The summed E-state index contributed by atoms with van der Waals surface area (Å²) >= 11 is 3.02. The minimum Gasteiger partial charge on any atom is -0.466 e. The summed E-state index contributed by atoms with van der Waals surface area (Å²) in [7, 11) is 0. The lowest BCUT2D eigenvalue weighted by Gasteiger charge is -2.18. The molecule has 0 spiro atoms. The van der Waals surface area contributed by atoms with Crippen LogP contribution >= 0.6 is 15.9 Å². The fourth-order valence-corrected chi connectivity index (χ4v) is 1.87. The Morgan fingerprint density at radius 1 is 1.59 bits per heavy atom. The molecule has 17 heavy (non-hydrogen) atoms. The van der Waals surface area contributed by atoms with Crippen LogP contribution in [0.2, 0.25) is 0 Å². The molecule has 1 aliphatic heterocycles. The van der Waals surface area contributed by atoms with Crippen molar-refractivity contribution in [2.75, 3.05) is 6.61 Å². The second-order valence-electron chi connectivity index (χ2n) is 3.65. The van der Waals surface area contributed by atoms with Gasteiger partial charge in [-0.05, 0) is 35.9 Å². The van der Waals surface area contributed by atoms with Gasteiger partial charge in [-0.25, -0.2) is 4.79 Å². The Labute approximate surface area is 107 Å². The Bertz CT molecular complexity index is 374. The van der Waals surface area contributed by atoms with Crippen molar-refractivity contribution in [2.45, 2.75) is 26.4 Å². The normalized spacial score (nSPS) is 20.5. The monoisotopic (exact) mass is 304 g/mol. The van der Waals surface area contributed by atoms with Crippen LogP contribution < -0.4 is 0 Å². The molecule has 0 radical (unpaired) electrons. The van der Waals surface area contributed by atoms with Gasteiger partial charge in [-0.3, -0.25) is 9.59 Å². The summed E-state index contributed by atoms with van der Waals surface area (Å²) in [6, 6.07) is 0. The van der Waals surface area contributed by atoms with Gasteiger partial charge in [0.15, 0.2) is 0 Å². The predicted molar refractivity (Wildman–Crippen MR) is 62.3 cm³/mol. The van der Waals surface area contributed by atoms with Crippen molar-refractivity contribution in [3.05, 3.63) is 10.6 Å². The van der Waals surface area contributed by atoms with Crippen LogP contribution in [-0.4, -0.2) is 30.4 Å². The molecular formula is C11H13BrO5. The Hall–Kier alpha value is -1.17. The average Bonchev–Trinajstić information content (AvgIpc) is 2.55. The molecule has 0 fully saturated rings. The maximum absolute atomic E-state index is 11.7. The molecule has 0 unspecified atom stereocenters. The number of hydrogen-bond donors (Lipinski definition) is 0. The lowest BCUT2D eigenvalue weighted by Crippen LogP contribution is -2.31. The maximum Gasteiger partial charge on any atom is 0.345 e. The standard InChI is InChI=1S/C11H13BrO5/c1-3-16-10(14)7(4-6(2)13)9-5-8(12)11(15)17-9/h5,7,9H,3-4H2,1-2H3/t7-,9+/m1/s1. The topological polar surface area (TPSA) is 69.7 Å². The molecule has 2 atom stereocenters. The first-order valence-electron chi connectivity index (χ1n) is 5.20. The van der Waals surface area contributed by atoms with Gasteiger partial charge >= 0.3 is 11.9 Å². The molecule has 6 heteroatoms. The fraction of sp³-hybridized carbons (Fsp3) is 0.545. The van der Waals surface area contributed by atoms with E-state index in [2.05, 4.69) is 15.9 Å². The van der Waals surface area contributed by atoms with Crippen LogP contribution in [0.1, 0.15) is 20.3 Å². The lowest BCUT2D eigenvalue weighted by molar-refractivity contribution is -0.156. The van der Waals surface area contributed by atoms with Crippen molar-refractivity contribution in [2.24, 2.45) is 5.92 Å². The molecule has 0 amide bonds. The van der Waals surface area contributed by atoms with Crippen LogP contribution in [0.5, 0.6) is 0 Å².